The Bertz CT molecular complexity index is 291. The third-order valence-electron chi connectivity index (χ3n) is 3.55. The van der Waals surface area contributed by atoms with Crippen LogP contribution in [0.1, 0.15) is 50.4 Å². The van der Waals surface area contributed by atoms with Gasteiger partial charge in [-0.2, -0.15) is 0 Å². The highest BCUT2D eigenvalue weighted by molar-refractivity contribution is 4.98. The second-order valence-electron chi connectivity index (χ2n) is 4.62. The van der Waals surface area contributed by atoms with E-state index in [1.165, 1.54) is 38.5 Å². The Morgan fingerprint density at radius 3 is 2.31 bits per heavy atom. The van der Waals surface area contributed by atoms with Gasteiger partial charge in [0.2, 0.25) is 0 Å². The molecular formula is C13H21N3. The molecule has 3 nitrogen and oxygen atoms in total. The van der Waals surface area contributed by atoms with Gasteiger partial charge in [0.1, 0.15) is 5.82 Å². The molecule has 2 rings (SSSR count). The SMILES string of the molecule is CNC(c1ncccn1)C1CCCCCC1. The lowest BCUT2D eigenvalue weighted by Crippen LogP contribution is -2.26. The molecule has 0 aliphatic heterocycles. The molecule has 1 aromatic rings. The predicted octanol–water partition coefficient (Wildman–Crippen LogP) is 2.71. The van der Waals surface area contributed by atoms with Gasteiger partial charge in [0.25, 0.3) is 0 Å². The van der Waals surface area contributed by atoms with Crippen molar-refractivity contribution >= 4 is 0 Å². The van der Waals surface area contributed by atoms with Crippen molar-refractivity contribution in [3.63, 3.8) is 0 Å². The minimum atomic E-state index is 0.333. The van der Waals surface area contributed by atoms with E-state index in [1.54, 1.807) is 0 Å². The van der Waals surface area contributed by atoms with Crippen molar-refractivity contribution in [3.05, 3.63) is 24.3 Å². The Morgan fingerprint density at radius 2 is 1.75 bits per heavy atom. The summed E-state index contributed by atoms with van der Waals surface area (Å²) in [6, 6.07) is 2.21. The molecule has 1 unspecified atom stereocenters. The quantitative estimate of drug-likeness (QED) is 0.794. The average Bonchev–Trinajstić information content (AvgIpc) is 2.61. The Kier molecular flexibility index (Phi) is 4.28. The molecule has 0 spiro atoms. The molecule has 1 aromatic heterocycles. The van der Waals surface area contributed by atoms with Crippen LogP contribution < -0.4 is 5.32 Å². The van der Waals surface area contributed by atoms with Gasteiger partial charge in [-0.25, -0.2) is 9.97 Å². The van der Waals surface area contributed by atoms with Crippen molar-refractivity contribution in [2.75, 3.05) is 7.05 Å². The standard InChI is InChI=1S/C13H21N3/c1-14-12(13-15-9-6-10-16-13)11-7-4-2-3-5-8-11/h6,9-12,14H,2-5,7-8H2,1H3. The lowest BCUT2D eigenvalue weighted by Gasteiger charge is -2.24. The predicted molar refractivity (Wildman–Crippen MR) is 65.0 cm³/mol. The van der Waals surface area contributed by atoms with Crippen molar-refractivity contribution in [2.45, 2.75) is 44.6 Å². The fraction of sp³-hybridized carbons (Fsp3) is 0.692. The minimum Gasteiger partial charge on any atom is -0.310 e. The van der Waals surface area contributed by atoms with Gasteiger partial charge in [-0.3, -0.25) is 0 Å². The van der Waals surface area contributed by atoms with Crippen LogP contribution in [0.25, 0.3) is 0 Å². The summed E-state index contributed by atoms with van der Waals surface area (Å²) in [4.78, 5) is 8.76. The zero-order valence-electron chi connectivity index (χ0n) is 10.0. The number of nitrogens with one attached hydrogen (secondary N) is 1. The number of aromatic nitrogens is 2. The van der Waals surface area contributed by atoms with Gasteiger partial charge < -0.3 is 5.32 Å². The summed E-state index contributed by atoms with van der Waals surface area (Å²) in [6.45, 7) is 0. The second-order valence-corrected chi connectivity index (χ2v) is 4.62. The highest BCUT2D eigenvalue weighted by Crippen LogP contribution is 2.31. The monoisotopic (exact) mass is 219 g/mol. The van der Waals surface area contributed by atoms with Gasteiger partial charge in [-0.05, 0) is 31.9 Å². The summed E-state index contributed by atoms with van der Waals surface area (Å²) in [5.74, 6) is 1.66. The zero-order valence-corrected chi connectivity index (χ0v) is 10.0. The number of hydrogen-bond acceptors (Lipinski definition) is 3. The van der Waals surface area contributed by atoms with E-state index in [0.29, 0.717) is 12.0 Å². The van der Waals surface area contributed by atoms with Gasteiger partial charge in [-0.15, -0.1) is 0 Å². The van der Waals surface area contributed by atoms with Crippen molar-refractivity contribution in [2.24, 2.45) is 5.92 Å². The van der Waals surface area contributed by atoms with Gasteiger partial charge >= 0.3 is 0 Å². The van der Waals surface area contributed by atoms with Crippen LogP contribution in [-0.2, 0) is 0 Å². The molecule has 1 atom stereocenters. The Hall–Kier alpha value is -0.960. The third-order valence-corrected chi connectivity index (χ3v) is 3.55. The molecule has 1 aliphatic carbocycles. The molecule has 1 fully saturated rings. The first-order chi connectivity index (χ1) is 7.92. The molecule has 0 amide bonds. The van der Waals surface area contributed by atoms with Crippen LogP contribution in [-0.4, -0.2) is 17.0 Å². The second kappa shape index (κ2) is 5.94. The summed E-state index contributed by atoms with van der Waals surface area (Å²) >= 11 is 0. The summed E-state index contributed by atoms with van der Waals surface area (Å²) in [6.07, 6.45) is 11.8. The van der Waals surface area contributed by atoms with Crippen LogP contribution in [0.4, 0.5) is 0 Å². The van der Waals surface area contributed by atoms with Crippen molar-refractivity contribution < 1.29 is 0 Å². The number of hydrogen-bond donors (Lipinski definition) is 1. The number of nitrogens with zero attached hydrogens (tertiary/aromatic N) is 2. The lowest BCUT2D eigenvalue weighted by atomic mass is 9.91. The van der Waals surface area contributed by atoms with Gasteiger partial charge in [-0.1, -0.05) is 25.7 Å². The molecule has 1 aliphatic rings. The molecule has 0 bridgehead atoms. The molecule has 0 radical (unpaired) electrons. The van der Waals surface area contributed by atoms with Gasteiger partial charge in [0.15, 0.2) is 0 Å². The van der Waals surface area contributed by atoms with Crippen LogP contribution in [0.5, 0.6) is 0 Å². The van der Waals surface area contributed by atoms with Crippen LogP contribution in [0.3, 0.4) is 0 Å². The molecule has 1 saturated carbocycles. The molecule has 1 heterocycles. The third kappa shape index (κ3) is 2.79. The zero-order chi connectivity index (χ0) is 11.2. The summed E-state index contributed by atoms with van der Waals surface area (Å²) in [5, 5.41) is 3.39. The van der Waals surface area contributed by atoms with Gasteiger partial charge in [0, 0.05) is 12.4 Å². The molecule has 88 valence electrons. The summed E-state index contributed by atoms with van der Waals surface area (Å²) < 4.78 is 0. The number of rotatable bonds is 3. The fourth-order valence-electron chi connectivity index (χ4n) is 2.69. The van der Waals surface area contributed by atoms with E-state index >= 15 is 0 Å². The maximum atomic E-state index is 4.38. The molecule has 16 heavy (non-hydrogen) atoms. The van der Waals surface area contributed by atoms with Crippen molar-refractivity contribution in [3.8, 4) is 0 Å². The first-order valence-corrected chi connectivity index (χ1v) is 6.36. The Morgan fingerprint density at radius 1 is 1.12 bits per heavy atom. The van der Waals surface area contributed by atoms with E-state index in [4.69, 9.17) is 0 Å². The maximum absolute atomic E-state index is 4.38. The summed E-state index contributed by atoms with van der Waals surface area (Å²) in [5.41, 5.74) is 0. The Balaban J connectivity index is 2.09. The largest absolute Gasteiger partial charge is 0.310 e. The van der Waals surface area contributed by atoms with E-state index < -0.39 is 0 Å². The topological polar surface area (TPSA) is 37.8 Å². The molecule has 0 aromatic carbocycles. The average molecular weight is 219 g/mol. The van der Waals surface area contributed by atoms with Crippen molar-refractivity contribution in [1.29, 1.82) is 0 Å². The molecule has 1 N–H and O–H groups in total. The van der Waals surface area contributed by atoms with Crippen LogP contribution in [0.2, 0.25) is 0 Å². The van der Waals surface area contributed by atoms with Crippen LogP contribution >= 0.6 is 0 Å². The first-order valence-electron chi connectivity index (χ1n) is 6.36. The highest BCUT2D eigenvalue weighted by atomic mass is 15.0. The summed E-state index contributed by atoms with van der Waals surface area (Å²) in [7, 11) is 2.02. The lowest BCUT2D eigenvalue weighted by molar-refractivity contribution is 0.329. The Labute approximate surface area is 97.7 Å². The van der Waals surface area contributed by atoms with E-state index in [9.17, 15) is 0 Å². The smallest absolute Gasteiger partial charge is 0.145 e. The van der Waals surface area contributed by atoms with E-state index in [1.807, 2.05) is 25.5 Å². The highest BCUT2D eigenvalue weighted by Gasteiger charge is 2.24. The normalized spacial score (nSPS) is 20.3. The maximum Gasteiger partial charge on any atom is 0.145 e. The first kappa shape index (κ1) is 11.5. The van der Waals surface area contributed by atoms with E-state index in [2.05, 4.69) is 15.3 Å². The molecule has 0 saturated heterocycles. The minimum absolute atomic E-state index is 0.333. The fourth-order valence-corrected chi connectivity index (χ4v) is 2.69. The van der Waals surface area contributed by atoms with Gasteiger partial charge in [0.05, 0.1) is 6.04 Å². The van der Waals surface area contributed by atoms with E-state index in [0.717, 1.165) is 5.82 Å². The molecular weight excluding hydrogens is 198 g/mol. The molecule has 3 heteroatoms. The van der Waals surface area contributed by atoms with Crippen molar-refractivity contribution in [1.82, 2.24) is 15.3 Å². The van der Waals surface area contributed by atoms with Crippen LogP contribution in [0, 0.1) is 5.92 Å². The van der Waals surface area contributed by atoms with Crippen LogP contribution in [0.15, 0.2) is 18.5 Å². The van der Waals surface area contributed by atoms with E-state index in [-0.39, 0.29) is 0 Å².